The Morgan fingerprint density at radius 2 is 1.90 bits per heavy atom. The minimum Gasteiger partial charge on any atom is -0.496 e. The summed E-state index contributed by atoms with van der Waals surface area (Å²) in [7, 11) is 1.59. The quantitative estimate of drug-likeness (QED) is 0.835. The van der Waals surface area contributed by atoms with Crippen LogP contribution in [0.1, 0.15) is 18.4 Å². The Morgan fingerprint density at radius 3 is 2.48 bits per heavy atom. The molecule has 2 atom stereocenters. The molecule has 0 radical (unpaired) electrons. The SMILES string of the molecule is COc1ccc(NC(=O)[C@@H]2CC=CC[C@@H]2C(=O)O)cc1C. The zero-order chi connectivity index (χ0) is 15.4. The Hall–Kier alpha value is -2.30. The van der Waals surface area contributed by atoms with Gasteiger partial charge in [-0.1, -0.05) is 12.2 Å². The normalized spacial score (nSPS) is 20.9. The molecule has 0 heterocycles. The molecule has 2 N–H and O–H groups in total. The van der Waals surface area contributed by atoms with Crippen molar-refractivity contribution in [2.45, 2.75) is 19.8 Å². The van der Waals surface area contributed by atoms with E-state index < -0.39 is 17.8 Å². The number of anilines is 1. The van der Waals surface area contributed by atoms with Gasteiger partial charge in [-0.2, -0.15) is 0 Å². The summed E-state index contributed by atoms with van der Waals surface area (Å²) in [5.74, 6) is -1.62. The highest BCUT2D eigenvalue weighted by molar-refractivity contribution is 5.95. The van der Waals surface area contributed by atoms with Crippen molar-refractivity contribution in [2.24, 2.45) is 11.8 Å². The Morgan fingerprint density at radius 1 is 1.24 bits per heavy atom. The summed E-state index contributed by atoms with van der Waals surface area (Å²) in [6.07, 6.45) is 4.54. The number of carbonyl (C=O) groups is 2. The lowest BCUT2D eigenvalue weighted by Crippen LogP contribution is -2.34. The summed E-state index contributed by atoms with van der Waals surface area (Å²) in [6, 6.07) is 5.34. The molecular formula is C16H19NO4. The molecular weight excluding hydrogens is 270 g/mol. The van der Waals surface area contributed by atoms with Gasteiger partial charge in [0.25, 0.3) is 0 Å². The van der Waals surface area contributed by atoms with Crippen LogP contribution in [0.4, 0.5) is 5.69 Å². The first kappa shape index (κ1) is 15.1. The number of hydrogen-bond acceptors (Lipinski definition) is 3. The summed E-state index contributed by atoms with van der Waals surface area (Å²) in [5.41, 5.74) is 1.56. The summed E-state index contributed by atoms with van der Waals surface area (Å²) < 4.78 is 5.17. The lowest BCUT2D eigenvalue weighted by atomic mass is 9.82. The first-order chi connectivity index (χ1) is 10.0. The van der Waals surface area contributed by atoms with E-state index in [1.165, 1.54) is 0 Å². The smallest absolute Gasteiger partial charge is 0.307 e. The molecule has 21 heavy (non-hydrogen) atoms. The number of ether oxygens (including phenoxy) is 1. The second-order valence-corrected chi connectivity index (χ2v) is 5.17. The number of allylic oxidation sites excluding steroid dienone is 2. The van der Waals surface area contributed by atoms with Crippen LogP contribution in [0, 0.1) is 18.8 Å². The summed E-state index contributed by atoms with van der Waals surface area (Å²) >= 11 is 0. The summed E-state index contributed by atoms with van der Waals surface area (Å²) in [5, 5.41) is 12.0. The fourth-order valence-electron chi connectivity index (χ4n) is 2.57. The number of nitrogens with one attached hydrogen (secondary N) is 1. The van der Waals surface area contributed by atoms with Gasteiger partial charge in [-0.05, 0) is 43.5 Å². The van der Waals surface area contributed by atoms with Crippen LogP contribution in [0.2, 0.25) is 0 Å². The Labute approximate surface area is 123 Å². The largest absolute Gasteiger partial charge is 0.496 e. The van der Waals surface area contributed by atoms with E-state index in [0.717, 1.165) is 11.3 Å². The van der Waals surface area contributed by atoms with E-state index in [0.29, 0.717) is 18.5 Å². The predicted molar refractivity (Wildman–Crippen MR) is 79.4 cm³/mol. The van der Waals surface area contributed by atoms with E-state index in [4.69, 9.17) is 4.74 Å². The van der Waals surface area contributed by atoms with Gasteiger partial charge >= 0.3 is 5.97 Å². The van der Waals surface area contributed by atoms with Gasteiger partial charge in [0.1, 0.15) is 5.75 Å². The van der Waals surface area contributed by atoms with Gasteiger partial charge in [-0.3, -0.25) is 9.59 Å². The molecule has 0 bridgehead atoms. The molecule has 1 aliphatic carbocycles. The minimum absolute atomic E-state index is 0.253. The average Bonchev–Trinajstić information content (AvgIpc) is 2.47. The molecule has 0 unspecified atom stereocenters. The molecule has 1 aromatic rings. The van der Waals surface area contributed by atoms with Crippen LogP contribution >= 0.6 is 0 Å². The van der Waals surface area contributed by atoms with E-state index >= 15 is 0 Å². The fourth-order valence-corrected chi connectivity index (χ4v) is 2.57. The molecule has 0 spiro atoms. The monoisotopic (exact) mass is 289 g/mol. The van der Waals surface area contributed by atoms with Gasteiger partial charge in [-0.25, -0.2) is 0 Å². The van der Waals surface area contributed by atoms with Crippen LogP contribution in [0.25, 0.3) is 0 Å². The third-order valence-corrected chi connectivity index (χ3v) is 3.75. The first-order valence-electron chi connectivity index (χ1n) is 6.86. The number of benzene rings is 1. The topological polar surface area (TPSA) is 75.6 Å². The third kappa shape index (κ3) is 3.42. The highest BCUT2D eigenvalue weighted by atomic mass is 16.5. The average molecular weight is 289 g/mol. The van der Waals surface area contributed by atoms with Crippen LogP contribution in [0.15, 0.2) is 30.4 Å². The number of aryl methyl sites for hydroxylation is 1. The van der Waals surface area contributed by atoms with Gasteiger partial charge in [0.05, 0.1) is 18.9 Å². The Bertz CT molecular complexity index is 580. The number of amides is 1. The van der Waals surface area contributed by atoms with Crippen molar-refractivity contribution in [3.8, 4) is 5.75 Å². The fraction of sp³-hybridized carbons (Fsp3) is 0.375. The maximum absolute atomic E-state index is 12.3. The van der Waals surface area contributed by atoms with Gasteiger partial charge < -0.3 is 15.2 Å². The standard InChI is InChI=1S/C16H19NO4/c1-10-9-11(7-8-14(10)21-2)17-15(18)12-5-3-4-6-13(12)16(19)20/h3-4,7-9,12-13H,5-6H2,1-2H3,(H,17,18)(H,19,20)/t12-,13+/m1/s1. The van der Waals surface area contributed by atoms with Crippen LogP contribution in [-0.2, 0) is 9.59 Å². The van der Waals surface area contributed by atoms with Crippen molar-refractivity contribution in [1.29, 1.82) is 0 Å². The second-order valence-electron chi connectivity index (χ2n) is 5.17. The molecule has 0 saturated carbocycles. The van der Waals surface area contributed by atoms with Crippen molar-refractivity contribution < 1.29 is 19.4 Å². The van der Waals surface area contributed by atoms with E-state index in [-0.39, 0.29) is 5.91 Å². The van der Waals surface area contributed by atoms with Gasteiger partial charge in [0, 0.05) is 5.69 Å². The van der Waals surface area contributed by atoms with Crippen LogP contribution in [0.5, 0.6) is 5.75 Å². The van der Waals surface area contributed by atoms with E-state index in [1.54, 1.807) is 19.2 Å². The number of carbonyl (C=O) groups excluding carboxylic acids is 1. The molecule has 112 valence electrons. The maximum Gasteiger partial charge on any atom is 0.307 e. The molecule has 5 nitrogen and oxygen atoms in total. The summed E-state index contributed by atoms with van der Waals surface area (Å²) in [6.45, 7) is 1.89. The number of hydrogen-bond donors (Lipinski definition) is 2. The van der Waals surface area contributed by atoms with Gasteiger partial charge in [-0.15, -0.1) is 0 Å². The van der Waals surface area contributed by atoms with E-state index in [2.05, 4.69) is 5.32 Å². The van der Waals surface area contributed by atoms with Crippen molar-refractivity contribution in [1.82, 2.24) is 0 Å². The van der Waals surface area contributed by atoms with E-state index in [9.17, 15) is 14.7 Å². The van der Waals surface area contributed by atoms with Crippen LogP contribution < -0.4 is 10.1 Å². The molecule has 2 rings (SSSR count). The molecule has 0 fully saturated rings. The lowest BCUT2D eigenvalue weighted by Gasteiger charge is -2.24. The molecule has 5 heteroatoms. The zero-order valence-electron chi connectivity index (χ0n) is 12.1. The highest BCUT2D eigenvalue weighted by Gasteiger charge is 2.33. The Balaban J connectivity index is 2.11. The highest BCUT2D eigenvalue weighted by Crippen LogP contribution is 2.28. The number of methoxy groups -OCH3 is 1. The molecule has 0 saturated heterocycles. The first-order valence-corrected chi connectivity index (χ1v) is 6.86. The van der Waals surface area contributed by atoms with Crippen LogP contribution in [-0.4, -0.2) is 24.1 Å². The van der Waals surface area contributed by atoms with Gasteiger partial charge in [0.15, 0.2) is 0 Å². The number of carboxylic acids is 1. The van der Waals surface area contributed by atoms with Crippen LogP contribution in [0.3, 0.4) is 0 Å². The lowest BCUT2D eigenvalue weighted by molar-refractivity contribution is -0.146. The minimum atomic E-state index is -0.926. The number of aliphatic carboxylic acids is 1. The Kier molecular flexibility index (Phi) is 4.62. The van der Waals surface area contributed by atoms with Gasteiger partial charge in [0.2, 0.25) is 5.91 Å². The maximum atomic E-state index is 12.3. The molecule has 1 aromatic carbocycles. The molecule has 1 amide bonds. The summed E-state index contributed by atoms with van der Waals surface area (Å²) in [4.78, 5) is 23.5. The molecule has 0 aromatic heterocycles. The predicted octanol–water partition coefficient (Wildman–Crippen LogP) is 2.61. The second kappa shape index (κ2) is 6.43. The number of carboxylic acid groups (broad SMARTS) is 1. The third-order valence-electron chi connectivity index (χ3n) is 3.75. The molecule has 1 aliphatic rings. The van der Waals surface area contributed by atoms with Crippen molar-refractivity contribution in [2.75, 3.05) is 12.4 Å². The van der Waals surface area contributed by atoms with Crippen molar-refractivity contribution >= 4 is 17.6 Å². The van der Waals surface area contributed by atoms with Crippen molar-refractivity contribution in [3.05, 3.63) is 35.9 Å². The van der Waals surface area contributed by atoms with E-state index in [1.807, 2.05) is 25.1 Å². The zero-order valence-corrected chi connectivity index (χ0v) is 12.1. The van der Waals surface area contributed by atoms with Crippen molar-refractivity contribution in [3.63, 3.8) is 0 Å². The molecule has 0 aliphatic heterocycles. The number of rotatable bonds is 4.